The van der Waals surface area contributed by atoms with Crippen LogP contribution in [-0.4, -0.2) is 67.9 Å². The fourth-order valence-corrected chi connectivity index (χ4v) is 3.25. The molecule has 3 N–H and O–H groups in total. The van der Waals surface area contributed by atoms with E-state index in [1.165, 1.54) is 0 Å². The Bertz CT molecular complexity index is 378. The molecular weight excluding hydrogens is 298 g/mol. The van der Waals surface area contributed by atoms with Crippen LogP contribution in [0.3, 0.4) is 0 Å². The highest BCUT2D eigenvalue weighted by atomic mass is 16.5. The second-order valence-corrected chi connectivity index (χ2v) is 6.21. The Morgan fingerprint density at radius 3 is 2.74 bits per heavy atom. The minimum absolute atomic E-state index is 0.0800. The van der Waals surface area contributed by atoms with Crippen molar-refractivity contribution in [2.75, 3.05) is 33.8 Å². The molecule has 0 aromatic rings. The molecule has 1 saturated heterocycles. The fraction of sp³-hybridized carbons (Fsp3) is 0.875. The molecule has 2 unspecified atom stereocenters. The van der Waals surface area contributed by atoms with Crippen LogP contribution in [0.1, 0.15) is 39.0 Å². The van der Waals surface area contributed by atoms with Gasteiger partial charge in [0.2, 0.25) is 5.91 Å². The fourth-order valence-electron chi connectivity index (χ4n) is 3.25. The summed E-state index contributed by atoms with van der Waals surface area (Å²) in [6, 6.07) is -0.0800. The maximum Gasteiger partial charge on any atom is 0.404 e. The van der Waals surface area contributed by atoms with Crippen LogP contribution in [-0.2, 0) is 9.53 Å². The van der Waals surface area contributed by atoms with Gasteiger partial charge in [0.1, 0.15) is 0 Å². The average molecular weight is 329 g/mol. The zero-order chi connectivity index (χ0) is 17.2. The van der Waals surface area contributed by atoms with Gasteiger partial charge in [0.05, 0.1) is 12.5 Å². The van der Waals surface area contributed by atoms with E-state index >= 15 is 0 Å². The Kier molecular flexibility index (Phi) is 8.94. The molecule has 7 heteroatoms. The average Bonchev–Trinajstić information content (AvgIpc) is 2.53. The van der Waals surface area contributed by atoms with E-state index in [9.17, 15) is 9.59 Å². The second kappa shape index (κ2) is 10.4. The van der Waals surface area contributed by atoms with Gasteiger partial charge in [-0.2, -0.15) is 0 Å². The topological polar surface area (TPSA) is 90.9 Å². The molecule has 3 atom stereocenters. The number of amides is 2. The molecule has 0 aromatic heterocycles. The molecule has 134 valence electrons. The summed E-state index contributed by atoms with van der Waals surface area (Å²) in [6.07, 6.45) is 2.84. The van der Waals surface area contributed by atoms with Gasteiger partial charge in [-0.1, -0.05) is 13.3 Å². The molecule has 2 amide bonds. The van der Waals surface area contributed by atoms with Crippen molar-refractivity contribution in [2.24, 2.45) is 5.92 Å². The zero-order valence-electron chi connectivity index (χ0n) is 14.5. The molecule has 1 aliphatic rings. The standard InChI is InChI=1S/C16H31N3O4/c1-4-6-14(18-16(21)22)12-7-5-8-19(11-12)15(20)9-13(23-3)10-17-2/h12-14,17-18H,4-11H2,1-3H3,(H,21,22)/t12-,13?,14?/m1/s1. The van der Waals surface area contributed by atoms with E-state index in [1.54, 1.807) is 7.11 Å². The summed E-state index contributed by atoms with van der Waals surface area (Å²) in [4.78, 5) is 25.3. The lowest BCUT2D eigenvalue weighted by Gasteiger charge is -2.37. The van der Waals surface area contributed by atoms with Gasteiger partial charge in [0.25, 0.3) is 0 Å². The highest BCUT2D eigenvalue weighted by Gasteiger charge is 2.30. The largest absolute Gasteiger partial charge is 0.465 e. The number of hydrogen-bond donors (Lipinski definition) is 3. The zero-order valence-corrected chi connectivity index (χ0v) is 14.5. The first-order chi connectivity index (χ1) is 11.0. The third kappa shape index (κ3) is 6.74. The van der Waals surface area contributed by atoms with Crippen molar-refractivity contribution >= 4 is 12.0 Å². The van der Waals surface area contributed by atoms with Crippen LogP contribution in [0.25, 0.3) is 0 Å². The monoisotopic (exact) mass is 329 g/mol. The quantitative estimate of drug-likeness (QED) is 0.593. The second-order valence-electron chi connectivity index (χ2n) is 6.21. The van der Waals surface area contributed by atoms with E-state index in [1.807, 2.05) is 18.9 Å². The van der Waals surface area contributed by atoms with E-state index in [0.717, 1.165) is 32.2 Å². The number of rotatable bonds is 9. The number of hydrogen-bond acceptors (Lipinski definition) is 4. The van der Waals surface area contributed by atoms with Gasteiger partial charge in [-0.3, -0.25) is 4.79 Å². The number of carboxylic acid groups (broad SMARTS) is 1. The number of carbonyl (C=O) groups excluding carboxylic acids is 1. The van der Waals surface area contributed by atoms with Crippen LogP contribution in [0, 0.1) is 5.92 Å². The Morgan fingerprint density at radius 1 is 1.43 bits per heavy atom. The first-order valence-electron chi connectivity index (χ1n) is 8.46. The maximum atomic E-state index is 12.5. The number of nitrogens with one attached hydrogen (secondary N) is 2. The number of carbonyl (C=O) groups is 2. The summed E-state index contributed by atoms with van der Waals surface area (Å²) in [7, 11) is 3.45. The number of piperidine rings is 1. The van der Waals surface area contributed by atoms with Crippen LogP contribution in [0.4, 0.5) is 4.79 Å². The van der Waals surface area contributed by atoms with E-state index in [0.29, 0.717) is 19.5 Å². The summed E-state index contributed by atoms with van der Waals surface area (Å²) in [5.74, 6) is 0.274. The van der Waals surface area contributed by atoms with Gasteiger partial charge in [-0.15, -0.1) is 0 Å². The van der Waals surface area contributed by atoms with Gasteiger partial charge in [0, 0.05) is 32.8 Å². The number of likely N-dealkylation sites (N-methyl/N-ethyl adjacent to an activating group) is 1. The lowest BCUT2D eigenvalue weighted by molar-refractivity contribution is -0.135. The van der Waals surface area contributed by atoms with Crippen molar-refractivity contribution < 1.29 is 19.4 Å². The molecule has 0 aliphatic carbocycles. The molecule has 1 fully saturated rings. The molecule has 1 rings (SSSR count). The molecule has 23 heavy (non-hydrogen) atoms. The molecule has 0 bridgehead atoms. The van der Waals surface area contributed by atoms with Crippen molar-refractivity contribution in [3.8, 4) is 0 Å². The Hall–Kier alpha value is -1.34. The van der Waals surface area contributed by atoms with Crippen molar-refractivity contribution in [1.29, 1.82) is 0 Å². The predicted molar refractivity (Wildman–Crippen MR) is 88.5 cm³/mol. The lowest BCUT2D eigenvalue weighted by Crippen LogP contribution is -2.49. The van der Waals surface area contributed by atoms with E-state index in [2.05, 4.69) is 10.6 Å². The van der Waals surface area contributed by atoms with Crippen LogP contribution in [0.5, 0.6) is 0 Å². The highest BCUT2D eigenvalue weighted by molar-refractivity contribution is 5.76. The lowest BCUT2D eigenvalue weighted by atomic mass is 9.88. The Morgan fingerprint density at radius 2 is 2.17 bits per heavy atom. The predicted octanol–water partition coefficient (Wildman–Crippen LogP) is 1.29. The molecule has 0 radical (unpaired) electrons. The molecule has 1 heterocycles. The Labute approximate surface area is 138 Å². The molecule has 0 spiro atoms. The minimum atomic E-state index is -0.986. The SMILES string of the molecule is CCCC(NC(=O)O)[C@@H]1CCCN(C(=O)CC(CNC)OC)C1. The molecule has 7 nitrogen and oxygen atoms in total. The number of ether oxygens (including phenoxy) is 1. The van der Waals surface area contributed by atoms with Crippen LogP contribution in [0.2, 0.25) is 0 Å². The summed E-state index contributed by atoms with van der Waals surface area (Å²) in [6.45, 7) is 4.05. The molecule has 0 saturated carbocycles. The third-order valence-electron chi connectivity index (χ3n) is 4.46. The van der Waals surface area contributed by atoms with Crippen LogP contribution < -0.4 is 10.6 Å². The van der Waals surface area contributed by atoms with Gasteiger partial charge >= 0.3 is 6.09 Å². The number of likely N-dealkylation sites (tertiary alicyclic amines) is 1. The molecule has 1 aliphatic heterocycles. The first kappa shape index (κ1) is 19.7. The summed E-state index contributed by atoms with van der Waals surface area (Å²) in [5, 5.41) is 14.7. The van der Waals surface area contributed by atoms with Crippen molar-refractivity contribution in [1.82, 2.24) is 15.5 Å². The number of methoxy groups -OCH3 is 1. The van der Waals surface area contributed by atoms with Gasteiger partial charge in [-0.05, 0) is 32.2 Å². The van der Waals surface area contributed by atoms with E-state index in [-0.39, 0.29) is 24.0 Å². The van der Waals surface area contributed by atoms with Gasteiger partial charge in [-0.25, -0.2) is 4.79 Å². The molecular formula is C16H31N3O4. The van der Waals surface area contributed by atoms with Crippen LogP contribution in [0.15, 0.2) is 0 Å². The maximum absolute atomic E-state index is 12.5. The minimum Gasteiger partial charge on any atom is -0.465 e. The first-order valence-corrected chi connectivity index (χ1v) is 8.46. The van der Waals surface area contributed by atoms with Crippen molar-refractivity contribution in [3.05, 3.63) is 0 Å². The van der Waals surface area contributed by atoms with Crippen LogP contribution >= 0.6 is 0 Å². The van der Waals surface area contributed by atoms with Gasteiger partial charge < -0.3 is 25.4 Å². The smallest absolute Gasteiger partial charge is 0.404 e. The Balaban J connectivity index is 2.61. The molecule has 0 aromatic carbocycles. The van der Waals surface area contributed by atoms with Gasteiger partial charge in [0.15, 0.2) is 0 Å². The number of nitrogens with zero attached hydrogens (tertiary/aromatic N) is 1. The normalized spacial score (nSPS) is 20.8. The third-order valence-corrected chi connectivity index (χ3v) is 4.46. The van der Waals surface area contributed by atoms with E-state index in [4.69, 9.17) is 9.84 Å². The van der Waals surface area contributed by atoms with E-state index < -0.39 is 6.09 Å². The summed E-state index contributed by atoms with van der Waals surface area (Å²) >= 11 is 0. The summed E-state index contributed by atoms with van der Waals surface area (Å²) in [5.41, 5.74) is 0. The van der Waals surface area contributed by atoms with Crippen molar-refractivity contribution in [2.45, 2.75) is 51.2 Å². The highest BCUT2D eigenvalue weighted by Crippen LogP contribution is 2.23. The van der Waals surface area contributed by atoms with Crippen molar-refractivity contribution in [3.63, 3.8) is 0 Å². The summed E-state index contributed by atoms with van der Waals surface area (Å²) < 4.78 is 5.32.